The second kappa shape index (κ2) is 6.54. The molecule has 0 bridgehead atoms. The molecule has 100 valence electrons. The molecule has 0 aliphatic rings. The van der Waals surface area contributed by atoms with Crippen molar-refractivity contribution in [2.75, 3.05) is 0 Å². The van der Waals surface area contributed by atoms with Crippen LogP contribution in [0.3, 0.4) is 0 Å². The number of amides is 2. The Hall–Kier alpha value is -2.36. The van der Waals surface area contributed by atoms with Gasteiger partial charge in [-0.05, 0) is 19.1 Å². The Morgan fingerprint density at radius 3 is 2.58 bits per heavy atom. The standard InChI is InChI=1S/C13H15N3O3/c1-3-9-6-4-5-7-10(9)12(17)15-11(8(2)14)13(18)16-19/h1,4-8,11,19H,14H2,2H3,(H,15,17)(H,16,18)/t8-,11-/m0/s1. The van der Waals surface area contributed by atoms with E-state index in [0.717, 1.165) is 0 Å². The SMILES string of the molecule is C#Cc1ccccc1C(=O)N[C@H](C(=O)NO)[C@H](C)N. The number of hydrogen-bond acceptors (Lipinski definition) is 4. The fourth-order valence-corrected chi connectivity index (χ4v) is 1.53. The van der Waals surface area contributed by atoms with Gasteiger partial charge in [-0.1, -0.05) is 18.1 Å². The van der Waals surface area contributed by atoms with E-state index in [4.69, 9.17) is 17.4 Å². The minimum atomic E-state index is -1.05. The molecular weight excluding hydrogens is 246 g/mol. The fraction of sp³-hybridized carbons (Fsp3) is 0.231. The van der Waals surface area contributed by atoms with Gasteiger partial charge in [-0.15, -0.1) is 6.42 Å². The van der Waals surface area contributed by atoms with Gasteiger partial charge in [0.2, 0.25) is 0 Å². The van der Waals surface area contributed by atoms with Gasteiger partial charge in [0.15, 0.2) is 0 Å². The Bertz CT molecular complexity index is 520. The summed E-state index contributed by atoms with van der Waals surface area (Å²) in [5.74, 6) is 1.06. The Balaban J connectivity index is 2.95. The fourth-order valence-electron chi connectivity index (χ4n) is 1.53. The van der Waals surface area contributed by atoms with Gasteiger partial charge in [0, 0.05) is 11.6 Å². The molecule has 19 heavy (non-hydrogen) atoms. The van der Waals surface area contributed by atoms with Crippen molar-refractivity contribution in [1.29, 1.82) is 0 Å². The lowest BCUT2D eigenvalue weighted by Gasteiger charge is -2.20. The lowest BCUT2D eigenvalue weighted by molar-refractivity contribution is -0.131. The van der Waals surface area contributed by atoms with E-state index in [2.05, 4.69) is 11.2 Å². The molecule has 2 amide bonds. The normalized spacial score (nSPS) is 12.9. The monoisotopic (exact) mass is 261 g/mol. The van der Waals surface area contributed by atoms with Crippen molar-refractivity contribution in [3.05, 3.63) is 35.4 Å². The minimum Gasteiger partial charge on any atom is -0.339 e. The largest absolute Gasteiger partial charge is 0.339 e. The number of carbonyl (C=O) groups is 2. The van der Waals surface area contributed by atoms with Crippen LogP contribution in [0.5, 0.6) is 0 Å². The molecule has 0 aliphatic heterocycles. The summed E-state index contributed by atoms with van der Waals surface area (Å²) in [6.07, 6.45) is 5.29. The van der Waals surface area contributed by atoms with Gasteiger partial charge >= 0.3 is 0 Å². The lowest BCUT2D eigenvalue weighted by Crippen LogP contribution is -2.54. The Kier molecular flexibility index (Phi) is 5.06. The second-order valence-corrected chi connectivity index (χ2v) is 3.98. The summed E-state index contributed by atoms with van der Waals surface area (Å²) in [6, 6.07) is 4.79. The summed E-state index contributed by atoms with van der Waals surface area (Å²) in [6.45, 7) is 1.53. The molecule has 0 radical (unpaired) electrons. The van der Waals surface area contributed by atoms with E-state index >= 15 is 0 Å². The van der Waals surface area contributed by atoms with E-state index in [1.165, 1.54) is 12.4 Å². The van der Waals surface area contributed by atoms with Crippen LogP contribution in [0.25, 0.3) is 0 Å². The predicted molar refractivity (Wildman–Crippen MR) is 69.2 cm³/mol. The molecule has 1 aromatic carbocycles. The summed E-state index contributed by atoms with van der Waals surface area (Å²) in [4.78, 5) is 23.4. The summed E-state index contributed by atoms with van der Waals surface area (Å²) >= 11 is 0. The number of nitrogens with one attached hydrogen (secondary N) is 2. The van der Waals surface area contributed by atoms with Crippen LogP contribution in [0, 0.1) is 12.3 Å². The molecule has 0 heterocycles. The maximum Gasteiger partial charge on any atom is 0.267 e. The topological polar surface area (TPSA) is 104 Å². The molecule has 0 aromatic heterocycles. The highest BCUT2D eigenvalue weighted by molar-refractivity contribution is 5.99. The van der Waals surface area contributed by atoms with E-state index in [0.29, 0.717) is 5.56 Å². The zero-order valence-corrected chi connectivity index (χ0v) is 10.4. The van der Waals surface area contributed by atoms with Crippen LogP contribution < -0.4 is 16.5 Å². The number of nitrogens with two attached hydrogens (primary N) is 1. The zero-order chi connectivity index (χ0) is 14.4. The average Bonchev–Trinajstić information content (AvgIpc) is 2.43. The minimum absolute atomic E-state index is 0.265. The van der Waals surface area contributed by atoms with Crippen molar-refractivity contribution in [2.45, 2.75) is 19.0 Å². The quantitative estimate of drug-likeness (QED) is 0.337. The number of benzene rings is 1. The van der Waals surface area contributed by atoms with Crippen molar-refractivity contribution in [3.63, 3.8) is 0 Å². The van der Waals surface area contributed by atoms with E-state index < -0.39 is 23.9 Å². The molecule has 6 nitrogen and oxygen atoms in total. The third-order valence-corrected chi connectivity index (χ3v) is 2.53. The van der Waals surface area contributed by atoms with Crippen LogP contribution in [0.2, 0.25) is 0 Å². The maximum absolute atomic E-state index is 12.0. The molecule has 0 spiro atoms. The maximum atomic E-state index is 12.0. The third kappa shape index (κ3) is 3.55. The van der Waals surface area contributed by atoms with Gasteiger partial charge in [-0.3, -0.25) is 14.8 Å². The van der Waals surface area contributed by atoms with Crippen molar-refractivity contribution in [2.24, 2.45) is 5.73 Å². The van der Waals surface area contributed by atoms with Crippen molar-refractivity contribution >= 4 is 11.8 Å². The van der Waals surface area contributed by atoms with Crippen LogP contribution >= 0.6 is 0 Å². The molecule has 0 fully saturated rings. The first kappa shape index (κ1) is 14.7. The predicted octanol–water partition coefficient (Wildman–Crippen LogP) is -0.381. The summed E-state index contributed by atoms with van der Waals surface area (Å²) < 4.78 is 0. The first-order chi connectivity index (χ1) is 9.01. The van der Waals surface area contributed by atoms with Crippen LogP contribution in [-0.4, -0.2) is 29.1 Å². The van der Waals surface area contributed by atoms with Crippen LogP contribution in [-0.2, 0) is 4.79 Å². The smallest absolute Gasteiger partial charge is 0.267 e. The molecule has 0 aliphatic carbocycles. The average molecular weight is 261 g/mol. The summed E-state index contributed by atoms with van der Waals surface area (Å²) in [5.41, 5.74) is 7.72. The highest BCUT2D eigenvalue weighted by atomic mass is 16.5. The van der Waals surface area contributed by atoms with Gasteiger partial charge in [0.1, 0.15) is 6.04 Å². The molecule has 1 rings (SSSR count). The summed E-state index contributed by atoms with van der Waals surface area (Å²) in [7, 11) is 0. The number of carbonyl (C=O) groups excluding carboxylic acids is 2. The van der Waals surface area contributed by atoms with Crippen molar-refractivity contribution < 1.29 is 14.8 Å². The Morgan fingerprint density at radius 1 is 1.42 bits per heavy atom. The van der Waals surface area contributed by atoms with E-state index in [-0.39, 0.29) is 5.56 Å². The molecule has 5 N–H and O–H groups in total. The number of terminal acetylenes is 1. The number of rotatable bonds is 4. The van der Waals surface area contributed by atoms with Gasteiger partial charge < -0.3 is 11.1 Å². The van der Waals surface area contributed by atoms with Crippen molar-refractivity contribution in [1.82, 2.24) is 10.8 Å². The molecule has 1 aromatic rings. The molecular formula is C13H15N3O3. The highest BCUT2D eigenvalue weighted by Gasteiger charge is 2.25. The molecule has 0 saturated carbocycles. The van der Waals surface area contributed by atoms with E-state index in [1.54, 1.807) is 24.3 Å². The molecule has 2 atom stereocenters. The van der Waals surface area contributed by atoms with Crippen LogP contribution in [0.15, 0.2) is 24.3 Å². The van der Waals surface area contributed by atoms with Gasteiger partial charge in [0.25, 0.3) is 11.8 Å². The molecule has 0 unspecified atom stereocenters. The van der Waals surface area contributed by atoms with Gasteiger partial charge in [-0.2, -0.15) is 0 Å². The van der Waals surface area contributed by atoms with Gasteiger partial charge in [0.05, 0.1) is 5.56 Å². The lowest BCUT2D eigenvalue weighted by atomic mass is 10.1. The second-order valence-electron chi connectivity index (χ2n) is 3.98. The van der Waals surface area contributed by atoms with E-state index in [1.807, 2.05) is 0 Å². The highest BCUT2D eigenvalue weighted by Crippen LogP contribution is 2.07. The molecule has 6 heteroatoms. The van der Waals surface area contributed by atoms with Crippen molar-refractivity contribution in [3.8, 4) is 12.3 Å². The van der Waals surface area contributed by atoms with Crippen LogP contribution in [0.4, 0.5) is 0 Å². The first-order valence-electron chi connectivity index (χ1n) is 5.57. The Morgan fingerprint density at radius 2 is 2.05 bits per heavy atom. The first-order valence-corrected chi connectivity index (χ1v) is 5.57. The molecule has 0 saturated heterocycles. The number of hydroxylamine groups is 1. The zero-order valence-electron chi connectivity index (χ0n) is 10.4. The van der Waals surface area contributed by atoms with E-state index in [9.17, 15) is 9.59 Å². The van der Waals surface area contributed by atoms with Crippen LogP contribution in [0.1, 0.15) is 22.8 Å². The Labute approximate surface area is 110 Å². The van der Waals surface area contributed by atoms with Gasteiger partial charge in [-0.25, -0.2) is 5.48 Å². The third-order valence-electron chi connectivity index (χ3n) is 2.53. The number of hydrogen-bond donors (Lipinski definition) is 4. The summed E-state index contributed by atoms with van der Waals surface area (Å²) in [5, 5.41) is 11.0.